The van der Waals surface area contributed by atoms with Gasteiger partial charge in [-0.15, -0.1) is 0 Å². The minimum absolute atomic E-state index is 0.108. The molecule has 0 bridgehead atoms. The number of rotatable bonds is 4. The number of aromatic nitrogens is 1. The van der Waals surface area contributed by atoms with E-state index in [1.165, 1.54) is 4.31 Å². The summed E-state index contributed by atoms with van der Waals surface area (Å²) in [5.74, 6) is 0.758. The maximum Gasteiger partial charge on any atom is 0.282 e. The van der Waals surface area contributed by atoms with Gasteiger partial charge < -0.3 is 10.1 Å². The Hall–Kier alpha value is -1.22. The number of nitrogens with zero attached hydrogens (tertiary/aromatic N) is 3. The van der Waals surface area contributed by atoms with E-state index in [0.717, 1.165) is 24.2 Å². The second-order valence-electron chi connectivity index (χ2n) is 5.51. The van der Waals surface area contributed by atoms with Gasteiger partial charge in [-0.1, -0.05) is 0 Å². The second-order valence-corrected chi connectivity index (χ2v) is 7.39. The molecule has 0 radical (unpaired) electrons. The molecule has 122 valence electrons. The van der Waals surface area contributed by atoms with Crippen LogP contribution in [0.15, 0.2) is 18.3 Å². The highest BCUT2D eigenvalue weighted by molar-refractivity contribution is 7.86. The molecule has 3 heterocycles. The summed E-state index contributed by atoms with van der Waals surface area (Å²) in [5, 5.41) is 3.00. The van der Waals surface area contributed by atoms with Gasteiger partial charge >= 0.3 is 0 Å². The lowest BCUT2D eigenvalue weighted by Crippen LogP contribution is -2.48. The Labute approximate surface area is 131 Å². The van der Waals surface area contributed by atoms with E-state index in [0.29, 0.717) is 32.8 Å². The van der Waals surface area contributed by atoms with Gasteiger partial charge in [-0.25, -0.2) is 4.98 Å². The Bertz CT molecular complexity index is 616. The Balaban J connectivity index is 1.85. The molecule has 0 saturated carbocycles. The van der Waals surface area contributed by atoms with Crippen LogP contribution in [0.25, 0.3) is 0 Å². The summed E-state index contributed by atoms with van der Waals surface area (Å²) in [7, 11) is -1.62. The molecule has 0 amide bonds. The third kappa shape index (κ3) is 2.96. The molecular weight excluding hydrogens is 304 g/mol. The zero-order chi connectivity index (χ0) is 15.6. The van der Waals surface area contributed by atoms with Gasteiger partial charge in [0.25, 0.3) is 10.2 Å². The van der Waals surface area contributed by atoms with Crippen LogP contribution in [0.5, 0.6) is 0 Å². The molecular formula is C14H22N4O3S. The number of morpholine rings is 1. The zero-order valence-corrected chi connectivity index (χ0v) is 13.6. The highest BCUT2D eigenvalue weighted by atomic mass is 32.2. The molecule has 0 spiro atoms. The minimum Gasteiger partial charge on any atom is -0.379 e. The first kappa shape index (κ1) is 15.7. The summed E-state index contributed by atoms with van der Waals surface area (Å²) in [6.07, 6.45) is 3.45. The molecule has 2 saturated heterocycles. The van der Waals surface area contributed by atoms with Crippen LogP contribution < -0.4 is 5.32 Å². The number of ether oxygens (including phenoxy) is 1. The van der Waals surface area contributed by atoms with Crippen molar-refractivity contribution in [3.63, 3.8) is 0 Å². The summed E-state index contributed by atoms with van der Waals surface area (Å²) in [4.78, 5) is 4.20. The molecule has 7 nitrogen and oxygen atoms in total. The van der Waals surface area contributed by atoms with Crippen LogP contribution in [0.1, 0.15) is 24.4 Å². The standard InChI is InChI=1S/C14H22N4O3S/c1-15-14-11-12(4-5-16-14)13-3-2-6-18(13)22(19,20)17-7-9-21-10-8-17/h4-5,11,13H,2-3,6-10H2,1H3,(H,15,16). The Morgan fingerprint density at radius 1 is 1.32 bits per heavy atom. The van der Waals surface area contributed by atoms with Crippen molar-refractivity contribution in [2.75, 3.05) is 45.2 Å². The third-order valence-electron chi connectivity index (χ3n) is 4.22. The van der Waals surface area contributed by atoms with Gasteiger partial charge in [-0.05, 0) is 30.5 Å². The predicted octanol–water partition coefficient (Wildman–Crippen LogP) is 0.837. The maximum absolute atomic E-state index is 12.9. The maximum atomic E-state index is 12.9. The van der Waals surface area contributed by atoms with Gasteiger partial charge in [0, 0.05) is 32.9 Å². The summed E-state index contributed by atoms with van der Waals surface area (Å²) in [6.45, 7) is 2.38. The van der Waals surface area contributed by atoms with Gasteiger partial charge in [0.05, 0.1) is 19.3 Å². The molecule has 0 aromatic carbocycles. The van der Waals surface area contributed by atoms with Gasteiger partial charge in [-0.3, -0.25) is 0 Å². The van der Waals surface area contributed by atoms with Crippen LogP contribution in [0.4, 0.5) is 5.82 Å². The molecule has 1 atom stereocenters. The quantitative estimate of drug-likeness (QED) is 0.887. The van der Waals surface area contributed by atoms with E-state index in [1.54, 1.807) is 10.5 Å². The molecule has 1 aromatic heterocycles. The average molecular weight is 326 g/mol. The van der Waals surface area contributed by atoms with Crippen LogP contribution in [0, 0.1) is 0 Å². The van der Waals surface area contributed by atoms with Crippen molar-refractivity contribution in [2.24, 2.45) is 0 Å². The summed E-state index contributed by atoms with van der Waals surface area (Å²) in [5.41, 5.74) is 0.994. The first-order valence-corrected chi connectivity index (χ1v) is 9.01. The average Bonchev–Trinajstić information content (AvgIpc) is 3.06. The van der Waals surface area contributed by atoms with Crippen LogP contribution >= 0.6 is 0 Å². The molecule has 1 N–H and O–H groups in total. The van der Waals surface area contributed by atoms with Crippen molar-refractivity contribution in [3.8, 4) is 0 Å². The van der Waals surface area contributed by atoms with Gasteiger partial charge in [0.15, 0.2) is 0 Å². The first-order chi connectivity index (χ1) is 10.6. The van der Waals surface area contributed by atoms with Crippen molar-refractivity contribution in [3.05, 3.63) is 23.9 Å². The van der Waals surface area contributed by atoms with Gasteiger partial charge in [0.2, 0.25) is 0 Å². The normalized spacial score (nSPS) is 24.5. The fourth-order valence-electron chi connectivity index (χ4n) is 3.07. The van der Waals surface area contributed by atoms with Crippen molar-refractivity contribution in [1.29, 1.82) is 0 Å². The molecule has 1 aromatic rings. The first-order valence-electron chi connectivity index (χ1n) is 7.61. The van der Waals surface area contributed by atoms with Crippen LogP contribution in [0.3, 0.4) is 0 Å². The Morgan fingerprint density at radius 2 is 2.09 bits per heavy atom. The molecule has 8 heteroatoms. The van der Waals surface area contributed by atoms with Gasteiger partial charge in [0.1, 0.15) is 5.82 Å². The third-order valence-corrected chi connectivity index (χ3v) is 6.27. The lowest BCUT2D eigenvalue weighted by molar-refractivity contribution is 0.0699. The fourth-order valence-corrected chi connectivity index (χ4v) is 4.88. The highest BCUT2D eigenvalue weighted by Gasteiger charge is 2.39. The Morgan fingerprint density at radius 3 is 2.82 bits per heavy atom. The summed E-state index contributed by atoms with van der Waals surface area (Å²) in [6, 6.07) is 3.72. The summed E-state index contributed by atoms with van der Waals surface area (Å²) < 4.78 is 34.2. The topological polar surface area (TPSA) is 74.8 Å². The van der Waals surface area contributed by atoms with E-state index in [2.05, 4.69) is 10.3 Å². The molecule has 2 fully saturated rings. The number of anilines is 1. The van der Waals surface area contributed by atoms with Crippen LogP contribution in [0.2, 0.25) is 0 Å². The molecule has 2 aliphatic heterocycles. The molecule has 2 aliphatic rings. The van der Waals surface area contributed by atoms with E-state index in [-0.39, 0.29) is 6.04 Å². The van der Waals surface area contributed by atoms with Crippen molar-refractivity contribution in [2.45, 2.75) is 18.9 Å². The molecule has 22 heavy (non-hydrogen) atoms. The smallest absolute Gasteiger partial charge is 0.282 e. The van der Waals surface area contributed by atoms with Crippen LogP contribution in [-0.4, -0.2) is 61.9 Å². The minimum atomic E-state index is -3.43. The lowest BCUT2D eigenvalue weighted by Gasteiger charge is -2.33. The number of hydrogen-bond donors (Lipinski definition) is 1. The van der Waals surface area contributed by atoms with Gasteiger partial charge in [-0.2, -0.15) is 17.0 Å². The van der Waals surface area contributed by atoms with E-state index in [9.17, 15) is 8.42 Å². The molecule has 1 unspecified atom stereocenters. The zero-order valence-electron chi connectivity index (χ0n) is 12.7. The van der Waals surface area contributed by atoms with Crippen molar-refractivity contribution < 1.29 is 13.2 Å². The summed E-state index contributed by atoms with van der Waals surface area (Å²) >= 11 is 0. The number of hydrogen-bond acceptors (Lipinski definition) is 5. The highest BCUT2D eigenvalue weighted by Crippen LogP contribution is 2.35. The fraction of sp³-hybridized carbons (Fsp3) is 0.643. The SMILES string of the molecule is CNc1cc(C2CCCN2S(=O)(=O)N2CCOCC2)ccn1. The predicted molar refractivity (Wildman–Crippen MR) is 83.8 cm³/mol. The number of nitrogens with one attached hydrogen (secondary N) is 1. The van der Waals surface area contributed by atoms with Crippen molar-refractivity contribution in [1.82, 2.24) is 13.6 Å². The van der Waals surface area contributed by atoms with Crippen molar-refractivity contribution >= 4 is 16.0 Å². The Kier molecular flexibility index (Phi) is 4.62. The van der Waals surface area contributed by atoms with Crippen LogP contribution in [-0.2, 0) is 14.9 Å². The van der Waals surface area contributed by atoms with E-state index in [1.807, 2.05) is 19.2 Å². The van der Waals surface area contributed by atoms with E-state index < -0.39 is 10.2 Å². The molecule has 0 aliphatic carbocycles. The number of pyridine rings is 1. The van der Waals surface area contributed by atoms with E-state index >= 15 is 0 Å². The largest absolute Gasteiger partial charge is 0.379 e. The second kappa shape index (κ2) is 6.49. The lowest BCUT2D eigenvalue weighted by atomic mass is 10.1. The monoisotopic (exact) mass is 326 g/mol. The van der Waals surface area contributed by atoms with E-state index in [4.69, 9.17) is 4.74 Å². The molecule has 3 rings (SSSR count).